The molecule has 98 valence electrons. The molecule has 1 aliphatic rings. The summed E-state index contributed by atoms with van der Waals surface area (Å²) in [5.74, 6) is 0.0490. The molecule has 0 unspecified atom stereocenters. The Morgan fingerprint density at radius 3 is 2.78 bits per heavy atom. The molecule has 0 aromatic heterocycles. The van der Waals surface area contributed by atoms with Gasteiger partial charge in [-0.15, -0.1) is 0 Å². The summed E-state index contributed by atoms with van der Waals surface area (Å²) in [6.07, 6.45) is 4.67. The van der Waals surface area contributed by atoms with E-state index in [4.69, 9.17) is 11.6 Å². The Morgan fingerprint density at radius 1 is 1.39 bits per heavy atom. The lowest BCUT2D eigenvalue weighted by Crippen LogP contribution is -2.36. The van der Waals surface area contributed by atoms with Crippen molar-refractivity contribution in [3.63, 3.8) is 0 Å². The number of nitrogens with one attached hydrogen (secondary N) is 2. The molecule has 0 bridgehead atoms. The lowest BCUT2D eigenvalue weighted by molar-refractivity contribution is -0.120. The van der Waals surface area contributed by atoms with E-state index in [0.717, 1.165) is 23.0 Å². The van der Waals surface area contributed by atoms with Gasteiger partial charge in [0.05, 0.1) is 11.6 Å². The predicted molar refractivity (Wildman–Crippen MR) is 78.0 cm³/mol. The first-order valence-electron chi connectivity index (χ1n) is 6.13. The van der Waals surface area contributed by atoms with Crippen LogP contribution in [-0.2, 0) is 4.79 Å². The van der Waals surface area contributed by atoms with Gasteiger partial charge in [-0.25, -0.2) is 0 Å². The average Bonchev–Trinajstić information content (AvgIpc) is 2.83. The van der Waals surface area contributed by atoms with Crippen molar-refractivity contribution >= 4 is 39.1 Å². The van der Waals surface area contributed by atoms with Gasteiger partial charge >= 0.3 is 0 Å². The Hall–Kier alpha value is -0.740. The topological polar surface area (TPSA) is 41.1 Å². The molecule has 0 saturated heterocycles. The SMILES string of the molecule is O=C(CNc1ccc(Cl)c(Br)c1)NC1CCCC1. The first kappa shape index (κ1) is 13.7. The first-order chi connectivity index (χ1) is 8.65. The van der Waals surface area contributed by atoms with Crippen molar-refractivity contribution in [2.24, 2.45) is 0 Å². The third-order valence-corrected chi connectivity index (χ3v) is 4.31. The summed E-state index contributed by atoms with van der Waals surface area (Å²) in [4.78, 5) is 11.7. The van der Waals surface area contributed by atoms with E-state index >= 15 is 0 Å². The molecule has 18 heavy (non-hydrogen) atoms. The molecule has 5 heteroatoms. The van der Waals surface area contributed by atoms with Crippen molar-refractivity contribution in [1.29, 1.82) is 0 Å². The number of amides is 1. The molecule has 1 fully saturated rings. The average molecular weight is 332 g/mol. The Labute approximate surface area is 120 Å². The van der Waals surface area contributed by atoms with Crippen molar-refractivity contribution in [3.05, 3.63) is 27.7 Å². The minimum atomic E-state index is 0.0490. The number of anilines is 1. The van der Waals surface area contributed by atoms with E-state index in [1.807, 2.05) is 12.1 Å². The quantitative estimate of drug-likeness (QED) is 0.885. The molecule has 3 nitrogen and oxygen atoms in total. The second kappa shape index (κ2) is 6.43. The zero-order valence-electron chi connectivity index (χ0n) is 10.0. The van der Waals surface area contributed by atoms with Crippen LogP contribution in [0.5, 0.6) is 0 Å². The van der Waals surface area contributed by atoms with Gasteiger partial charge in [0.25, 0.3) is 0 Å². The third-order valence-electron chi connectivity index (χ3n) is 3.09. The van der Waals surface area contributed by atoms with Crippen molar-refractivity contribution in [2.75, 3.05) is 11.9 Å². The van der Waals surface area contributed by atoms with Crippen LogP contribution in [0.3, 0.4) is 0 Å². The largest absolute Gasteiger partial charge is 0.376 e. The first-order valence-corrected chi connectivity index (χ1v) is 7.30. The number of benzene rings is 1. The van der Waals surface area contributed by atoms with Gasteiger partial charge in [0, 0.05) is 16.2 Å². The smallest absolute Gasteiger partial charge is 0.239 e. The summed E-state index contributed by atoms with van der Waals surface area (Å²) in [5, 5.41) is 6.78. The highest BCUT2D eigenvalue weighted by Crippen LogP contribution is 2.25. The normalized spacial score (nSPS) is 15.7. The minimum absolute atomic E-state index is 0.0490. The molecule has 2 N–H and O–H groups in total. The van der Waals surface area contributed by atoms with Crippen LogP contribution in [0.15, 0.2) is 22.7 Å². The van der Waals surface area contributed by atoms with E-state index in [9.17, 15) is 4.79 Å². The lowest BCUT2D eigenvalue weighted by atomic mass is 10.2. The van der Waals surface area contributed by atoms with Crippen LogP contribution in [0.4, 0.5) is 5.69 Å². The summed E-state index contributed by atoms with van der Waals surface area (Å²) in [7, 11) is 0. The molecule has 0 atom stereocenters. The molecule has 1 aliphatic carbocycles. The second-order valence-electron chi connectivity index (χ2n) is 4.53. The summed E-state index contributed by atoms with van der Waals surface area (Å²) in [6, 6.07) is 5.89. The van der Waals surface area contributed by atoms with Gasteiger partial charge in [-0.05, 0) is 47.0 Å². The lowest BCUT2D eigenvalue weighted by Gasteiger charge is -2.13. The van der Waals surface area contributed by atoms with Gasteiger partial charge in [-0.3, -0.25) is 4.79 Å². The summed E-state index contributed by atoms with van der Waals surface area (Å²) in [5.41, 5.74) is 0.882. The fraction of sp³-hybridized carbons (Fsp3) is 0.462. The molecule has 1 saturated carbocycles. The maximum absolute atomic E-state index is 11.7. The number of halogens is 2. The van der Waals surface area contributed by atoms with E-state index < -0.39 is 0 Å². The Balaban J connectivity index is 1.79. The number of hydrogen-bond donors (Lipinski definition) is 2. The van der Waals surface area contributed by atoms with Crippen molar-refractivity contribution in [3.8, 4) is 0 Å². The highest BCUT2D eigenvalue weighted by molar-refractivity contribution is 9.10. The zero-order valence-corrected chi connectivity index (χ0v) is 12.4. The van der Waals surface area contributed by atoms with Crippen molar-refractivity contribution < 1.29 is 4.79 Å². The fourth-order valence-corrected chi connectivity index (χ4v) is 2.63. The standard InChI is InChI=1S/C13H16BrClN2O/c14-11-7-10(5-6-12(11)15)16-8-13(18)17-9-3-1-2-4-9/h5-7,9,16H,1-4,8H2,(H,17,18). The van der Waals surface area contributed by atoms with E-state index in [-0.39, 0.29) is 5.91 Å². The van der Waals surface area contributed by atoms with Crippen LogP contribution in [-0.4, -0.2) is 18.5 Å². The summed E-state index contributed by atoms with van der Waals surface area (Å²) < 4.78 is 0.824. The van der Waals surface area contributed by atoms with Crippen LogP contribution in [0.1, 0.15) is 25.7 Å². The van der Waals surface area contributed by atoms with E-state index in [1.54, 1.807) is 6.07 Å². The Morgan fingerprint density at radius 2 is 2.11 bits per heavy atom. The number of carbonyl (C=O) groups excluding carboxylic acids is 1. The number of carbonyl (C=O) groups is 1. The zero-order chi connectivity index (χ0) is 13.0. The van der Waals surface area contributed by atoms with Crippen LogP contribution in [0.25, 0.3) is 0 Å². The predicted octanol–water partition coefficient (Wildman–Crippen LogP) is 3.57. The third kappa shape index (κ3) is 3.89. The monoisotopic (exact) mass is 330 g/mol. The van der Waals surface area contributed by atoms with Gasteiger partial charge in [-0.1, -0.05) is 24.4 Å². The molecule has 1 aromatic carbocycles. The number of rotatable bonds is 4. The molecule has 0 aliphatic heterocycles. The molecule has 0 radical (unpaired) electrons. The van der Waals surface area contributed by atoms with E-state index in [0.29, 0.717) is 17.6 Å². The Kier molecular flexibility index (Phi) is 4.89. The van der Waals surface area contributed by atoms with Gasteiger partial charge in [-0.2, -0.15) is 0 Å². The molecule has 1 amide bonds. The maximum Gasteiger partial charge on any atom is 0.239 e. The van der Waals surface area contributed by atoms with Crippen molar-refractivity contribution in [1.82, 2.24) is 5.32 Å². The maximum atomic E-state index is 11.7. The molecule has 0 spiro atoms. The molecule has 0 heterocycles. The molecular formula is C13H16BrClN2O. The van der Waals surface area contributed by atoms with Gasteiger partial charge in [0.2, 0.25) is 5.91 Å². The van der Waals surface area contributed by atoms with Crippen LogP contribution in [0.2, 0.25) is 5.02 Å². The summed E-state index contributed by atoms with van der Waals surface area (Å²) >= 11 is 9.25. The fourth-order valence-electron chi connectivity index (χ4n) is 2.14. The van der Waals surface area contributed by atoms with Gasteiger partial charge < -0.3 is 10.6 Å². The van der Waals surface area contributed by atoms with E-state index in [1.165, 1.54) is 12.8 Å². The van der Waals surface area contributed by atoms with Crippen LogP contribution >= 0.6 is 27.5 Å². The Bertz CT molecular complexity index is 433. The minimum Gasteiger partial charge on any atom is -0.376 e. The summed E-state index contributed by atoms with van der Waals surface area (Å²) in [6.45, 7) is 0.296. The second-order valence-corrected chi connectivity index (χ2v) is 5.79. The van der Waals surface area contributed by atoms with E-state index in [2.05, 4.69) is 26.6 Å². The number of hydrogen-bond acceptors (Lipinski definition) is 2. The van der Waals surface area contributed by atoms with Crippen LogP contribution < -0.4 is 10.6 Å². The van der Waals surface area contributed by atoms with Gasteiger partial charge in [0.1, 0.15) is 0 Å². The van der Waals surface area contributed by atoms with Crippen LogP contribution in [0, 0.1) is 0 Å². The molecular weight excluding hydrogens is 316 g/mol. The van der Waals surface area contributed by atoms with Crippen molar-refractivity contribution in [2.45, 2.75) is 31.7 Å². The highest BCUT2D eigenvalue weighted by Gasteiger charge is 2.16. The van der Waals surface area contributed by atoms with Gasteiger partial charge in [0.15, 0.2) is 0 Å². The molecule has 1 aromatic rings. The molecule has 2 rings (SSSR count). The highest BCUT2D eigenvalue weighted by atomic mass is 79.9.